The lowest BCUT2D eigenvalue weighted by atomic mass is 9.97. The number of benzene rings is 1. The van der Waals surface area contributed by atoms with Crippen molar-refractivity contribution in [1.29, 1.82) is 0 Å². The van der Waals surface area contributed by atoms with Gasteiger partial charge in [-0.3, -0.25) is 0 Å². The van der Waals surface area contributed by atoms with Gasteiger partial charge in [-0.1, -0.05) is 18.2 Å². The summed E-state index contributed by atoms with van der Waals surface area (Å²) in [5.74, 6) is 1.48. The van der Waals surface area contributed by atoms with Crippen molar-refractivity contribution in [3.8, 4) is 5.75 Å². The molecule has 114 valence electrons. The third-order valence-electron chi connectivity index (χ3n) is 4.46. The van der Waals surface area contributed by atoms with E-state index in [1.807, 2.05) is 30.3 Å². The normalized spacial score (nSPS) is 38.4. The fourth-order valence-electron chi connectivity index (χ4n) is 3.04. The van der Waals surface area contributed by atoms with Crippen LogP contribution < -0.4 is 10.1 Å². The molecule has 0 radical (unpaired) electrons. The Hall–Kier alpha value is -1.14. The Kier molecular flexibility index (Phi) is 3.59. The van der Waals surface area contributed by atoms with Crippen LogP contribution in [0.4, 0.5) is 0 Å². The van der Waals surface area contributed by atoms with Gasteiger partial charge in [0.1, 0.15) is 18.0 Å². The van der Waals surface area contributed by atoms with Crippen LogP contribution in [0.3, 0.4) is 0 Å². The molecule has 5 nitrogen and oxygen atoms in total. The van der Waals surface area contributed by atoms with Crippen molar-refractivity contribution < 1.29 is 19.3 Å². The smallest absolute Gasteiger partial charge is 0.197 e. The summed E-state index contributed by atoms with van der Waals surface area (Å²) in [7, 11) is 0. The number of ether oxygens (including phenoxy) is 3. The van der Waals surface area contributed by atoms with Crippen molar-refractivity contribution in [3.63, 3.8) is 0 Å². The maximum Gasteiger partial charge on any atom is 0.197 e. The van der Waals surface area contributed by atoms with Gasteiger partial charge in [0.2, 0.25) is 0 Å². The number of hydrogen-bond acceptors (Lipinski definition) is 5. The highest BCUT2D eigenvalue weighted by molar-refractivity contribution is 5.22. The number of rotatable bonds is 5. The second kappa shape index (κ2) is 5.57. The van der Waals surface area contributed by atoms with Crippen LogP contribution in [0, 0.1) is 5.92 Å². The van der Waals surface area contributed by atoms with E-state index in [4.69, 9.17) is 14.2 Å². The second-order valence-corrected chi connectivity index (χ2v) is 6.14. The van der Waals surface area contributed by atoms with Crippen molar-refractivity contribution in [2.45, 2.75) is 43.5 Å². The van der Waals surface area contributed by atoms with Crippen LogP contribution in [-0.4, -0.2) is 48.9 Å². The van der Waals surface area contributed by atoms with E-state index >= 15 is 0 Å². The van der Waals surface area contributed by atoms with Crippen molar-refractivity contribution in [2.24, 2.45) is 5.92 Å². The van der Waals surface area contributed by atoms with Crippen molar-refractivity contribution >= 4 is 0 Å². The lowest BCUT2D eigenvalue weighted by Gasteiger charge is -2.38. The first-order chi connectivity index (χ1) is 10.3. The first kappa shape index (κ1) is 13.5. The van der Waals surface area contributed by atoms with E-state index in [1.165, 1.54) is 12.8 Å². The Morgan fingerprint density at radius 3 is 2.81 bits per heavy atom. The van der Waals surface area contributed by atoms with Gasteiger partial charge >= 0.3 is 0 Å². The largest absolute Gasteiger partial charge is 0.482 e. The highest BCUT2D eigenvalue weighted by Gasteiger charge is 2.51. The number of aliphatic hydroxyl groups excluding tert-OH is 1. The molecule has 3 aliphatic rings. The quantitative estimate of drug-likeness (QED) is 0.845. The van der Waals surface area contributed by atoms with Gasteiger partial charge in [0.05, 0.1) is 12.6 Å². The Morgan fingerprint density at radius 1 is 1.24 bits per heavy atom. The molecule has 2 saturated heterocycles. The highest BCUT2D eigenvalue weighted by Crippen LogP contribution is 2.33. The fraction of sp³-hybridized carbons (Fsp3) is 0.625. The lowest BCUT2D eigenvalue weighted by molar-refractivity contribution is -0.193. The van der Waals surface area contributed by atoms with Gasteiger partial charge < -0.3 is 24.6 Å². The minimum atomic E-state index is -0.629. The molecule has 5 heteroatoms. The Morgan fingerprint density at radius 2 is 2.05 bits per heavy atom. The van der Waals surface area contributed by atoms with Crippen LogP contribution in [0.25, 0.3) is 0 Å². The van der Waals surface area contributed by atoms with E-state index in [0.29, 0.717) is 6.61 Å². The molecule has 0 spiro atoms. The molecule has 0 aromatic heterocycles. The van der Waals surface area contributed by atoms with Crippen LogP contribution >= 0.6 is 0 Å². The number of nitrogens with one attached hydrogen (secondary N) is 1. The number of para-hydroxylation sites is 1. The van der Waals surface area contributed by atoms with Gasteiger partial charge in [0.15, 0.2) is 12.4 Å². The summed E-state index contributed by atoms with van der Waals surface area (Å²) in [6.45, 7) is 1.45. The predicted molar refractivity (Wildman–Crippen MR) is 76.0 cm³/mol. The van der Waals surface area contributed by atoms with E-state index in [9.17, 15) is 5.11 Å². The molecule has 5 atom stereocenters. The zero-order valence-electron chi connectivity index (χ0n) is 11.9. The Labute approximate surface area is 124 Å². The summed E-state index contributed by atoms with van der Waals surface area (Å²) >= 11 is 0. The summed E-state index contributed by atoms with van der Waals surface area (Å²) in [4.78, 5) is 0. The van der Waals surface area contributed by atoms with Crippen LogP contribution in [0.5, 0.6) is 5.75 Å². The maximum absolute atomic E-state index is 10.7. The van der Waals surface area contributed by atoms with Gasteiger partial charge in [0, 0.05) is 0 Å². The standard InChI is InChI=1S/C16H21NO4/c18-14-13(17-8-10-6-7-10)12-9-19-16(21-12)15(14)20-11-4-2-1-3-5-11/h1-5,10,12-18H,6-9H2/t12-,13-,14+,15-,16-/m1/s1. The number of fused-ring (bicyclic) bond motifs is 2. The molecule has 2 aliphatic heterocycles. The van der Waals surface area contributed by atoms with Crippen LogP contribution in [-0.2, 0) is 9.47 Å². The van der Waals surface area contributed by atoms with E-state index in [2.05, 4.69) is 5.32 Å². The predicted octanol–water partition coefficient (Wildman–Crippen LogP) is 0.918. The molecule has 3 fully saturated rings. The van der Waals surface area contributed by atoms with Gasteiger partial charge in [-0.2, -0.15) is 0 Å². The third kappa shape index (κ3) is 2.79. The molecule has 21 heavy (non-hydrogen) atoms. The SMILES string of the molecule is O[C@H]1[C@H](NCC2CC2)[C@H]2CO[C@H](O2)[C@@H]1Oc1ccccc1. The Balaban J connectivity index is 1.46. The summed E-state index contributed by atoms with van der Waals surface area (Å²) < 4.78 is 17.4. The molecule has 1 aromatic rings. The summed E-state index contributed by atoms with van der Waals surface area (Å²) in [5, 5.41) is 14.1. The monoisotopic (exact) mass is 291 g/mol. The minimum Gasteiger partial charge on any atom is -0.482 e. The molecule has 2 bridgehead atoms. The summed E-state index contributed by atoms with van der Waals surface area (Å²) in [6.07, 6.45) is 0.871. The zero-order valence-corrected chi connectivity index (χ0v) is 11.9. The average Bonchev–Trinajstić information content (AvgIpc) is 3.23. The molecule has 1 saturated carbocycles. The average molecular weight is 291 g/mol. The zero-order chi connectivity index (χ0) is 14.2. The second-order valence-electron chi connectivity index (χ2n) is 6.14. The first-order valence-corrected chi connectivity index (χ1v) is 7.71. The Bertz CT molecular complexity index is 478. The van der Waals surface area contributed by atoms with Gasteiger partial charge in [-0.05, 0) is 37.4 Å². The lowest BCUT2D eigenvalue weighted by Crippen LogP contribution is -2.61. The van der Waals surface area contributed by atoms with Crippen molar-refractivity contribution in [3.05, 3.63) is 30.3 Å². The van der Waals surface area contributed by atoms with E-state index in [0.717, 1.165) is 18.2 Å². The van der Waals surface area contributed by atoms with Gasteiger partial charge in [-0.15, -0.1) is 0 Å². The molecule has 2 N–H and O–H groups in total. The van der Waals surface area contributed by atoms with Crippen LogP contribution in [0.1, 0.15) is 12.8 Å². The summed E-state index contributed by atoms with van der Waals surface area (Å²) in [5.41, 5.74) is 0. The maximum atomic E-state index is 10.7. The molecular formula is C16H21NO4. The van der Waals surface area contributed by atoms with Crippen molar-refractivity contribution in [1.82, 2.24) is 5.32 Å². The summed E-state index contributed by atoms with van der Waals surface area (Å²) in [6, 6.07) is 9.38. The fourth-order valence-corrected chi connectivity index (χ4v) is 3.04. The highest BCUT2D eigenvalue weighted by atomic mass is 16.7. The minimum absolute atomic E-state index is 0.0839. The molecule has 4 rings (SSSR count). The molecule has 0 unspecified atom stereocenters. The molecule has 0 amide bonds. The molecule has 1 aromatic carbocycles. The van der Waals surface area contributed by atoms with Gasteiger partial charge in [0.25, 0.3) is 0 Å². The molecular weight excluding hydrogens is 270 g/mol. The third-order valence-corrected chi connectivity index (χ3v) is 4.46. The van der Waals surface area contributed by atoms with Crippen molar-refractivity contribution in [2.75, 3.05) is 13.2 Å². The number of hydrogen-bond donors (Lipinski definition) is 2. The van der Waals surface area contributed by atoms with Gasteiger partial charge in [-0.25, -0.2) is 0 Å². The van der Waals surface area contributed by atoms with E-state index in [1.54, 1.807) is 0 Å². The van der Waals surface area contributed by atoms with E-state index < -0.39 is 18.5 Å². The first-order valence-electron chi connectivity index (χ1n) is 7.71. The number of aliphatic hydroxyl groups is 1. The molecule has 2 heterocycles. The van der Waals surface area contributed by atoms with Crippen LogP contribution in [0.15, 0.2) is 30.3 Å². The molecule has 1 aliphatic carbocycles. The van der Waals surface area contributed by atoms with E-state index in [-0.39, 0.29) is 12.1 Å². The topological polar surface area (TPSA) is 60.0 Å². The van der Waals surface area contributed by atoms with Crippen LogP contribution in [0.2, 0.25) is 0 Å².